The Bertz CT molecular complexity index is 400. The minimum Gasteiger partial charge on any atom is -0.465 e. The van der Waals surface area contributed by atoms with Crippen LogP contribution < -0.4 is 5.73 Å². The summed E-state index contributed by atoms with van der Waals surface area (Å²) < 4.78 is 5.15. The molecule has 0 aliphatic heterocycles. The second-order valence-electron chi connectivity index (χ2n) is 7.65. The van der Waals surface area contributed by atoms with Gasteiger partial charge in [0.15, 0.2) is 0 Å². The first-order chi connectivity index (χ1) is 10.0. The van der Waals surface area contributed by atoms with Crippen molar-refractivity contribution >= 4 is 5.97 Å². The molecule has 0 spiro atoms. The highest BCUT2D eigenvalue weighted by Gasteiger charge is 2.46. The van der Waals surface area contributed by atoms with E-state index in [0.29, 0.717) is 12.6 Å². The van der Waals surface area contributed by atoms with E-state index in [1.54, 1.807) is 0 Å². The van der Waals surface area contributed by atoms with E-state index in [0.717, 1.165) is 37.0 Å². The number of nitrogens with two attached hydrogens (primary N) is 1. The molecule has 3 aliphatic carbocycles. The highest BCUT2D eigenvalue weighted by molar-refractivity contribution is 5.81. The monoisotopic (exact) mass is 294 g/mol. The third-order valence-electron chi connectivity index (χ3n) is 6.24. The molecule has 0 aromatic heterocycles. The Kier molecular flexibility index (Phi) is 4.28. The van der Waals surface area contributed by atoms with Crippen LogP contribution in [0.15, 0.2) is 0 Å². The molecule has 4 heteroatoms. The van der Waals surface area contributed by atoms with Gasteiger partial charge in [-0.2, -0.15) is 0 Å². The summed E-state index contributed by atoms with van der Waals surface area (Å²) in [7, 11) is 2.22. The van der Waals surface area contributed by atoms with Crippen molar-refractivity contribution < 1.29 is 9.53 Å². The fourth-order valence-corrected chi connectivity index (χ4v) is 5.00. The van der Waals surface area contributed by atoms with Crippen LogP contribution in [-0.4, -0.2) is 42.6 Å². The summed E-state index contributed by atoms with van der Waals surface area (Å²) in [6.07, 6.45) is 8.33. The van der Waals surface area contributed by atoms with E-state index < -0.39 is 5.54 Å². The van der Waals surface area contributed by atoms with Gasteiger partial charge in [-0.25, -0.2) is 0 Å². The van der Waals surface area contributed by atoms with Crippen LogP contribution in [0.4, 0.5) is 0 Å². The highest BCUT2D eigenvalue weighted by atomic mass is 16.5. The lowest BCUT2D eigenvalue weighted by atomic mass is 9.88. The molecule has 3 fully saturated rings. The van der Waals surface area contributed by atoms with Gasteiger partial charge in [-0.05, 0) is 70.3 Å². The standard InChI is InChI=1S/C17H30N2O2/c1-3-21-16(20)17(18)7-6-15(10-17)19(2)11-14-9-12-4-5-13(14)8-12/h12-15H,3-11,18H2,1-2H3. The van der Waals surface area contributed by atoms with Gasteiger partial charge in [-0.15, -0.1) is 0 Å². The third kappa shape index (κ3) is 2.98. The highest BCUT2D eigenvalue weighted by Crippen LogP contribution is 2.48. The van der Waals surface area contributed by atoms with Crippen LogP contribution in [0, 0.1) is 17.8 Å². The van der Waals surface area contributed by atoms with Crippen molar-refractivity contribution in [1.29, 1.82) is 0 Å². The van der Waals surface area contributed by atoms with Crippen molar-refractivity contribution in [1.82, 2.24) is 4.90 Å². The van der Waals surface area contributed by atoms with Gasteiger partial charge in [0.2, 0.25) is 0 Å². The summed E-state index contributed by atoms with van der Waals surface area (Å²) in [5, 5.41) is 0. The molecule has 2 N–H and O–H groups in total. The molecule has 21 heavy (non-hydrogen) atoms. The summed E-state index contributed by atoms with van der Waals surface area (Å²) in [5.41, 5.74) is 5.54. The van der Waals surface area contributed by atoms with Gasteiger partial charge in [-0.3, -0.25) is 4.79 Å². The van der Waals surface area contributed by atoms with Crippen molar-refractivity contribution in [3.63, 3.8) is 0 Å². The van der Waals surface area contributed by atoms with Crippen LogP contribution in [0.2, 0.25) is 0 Å². The maximum absolute atomic E-state index is 12.0. The molecular formula is C17H30N2O2. The van der Waals surface area contributed by atoms with Gasteiger partial charge in [0.05, 0.1) is 6.61 Å². The molecule has 5 unspecified atom stereocenters. The lowest BCUT2D eigenvalue weighted by molar-refractivity contribution is -0.149. The SMILES string of the molecule is CCOC(=O)C1(N)CCC(N(C)CC2CC3CCC2C3)C1. The number of rotatable bonds is 5. The smallest absolute Gasteiger partial charge is 0.326 e. The Morgan fingerprint density at radius 1 is 1.33 bits per heavy atom. The number of carbonyl (C=O) groups is 1. The molecule has 0 aromatic carbocycles. The zero-order valence-corrected chi connectivity index (χ0v) is 13.5. The molecule has 2 bridgehead atoms. The third-order valence-corrected chi connectivity index (χ3v) is 6.24. The summed E-state index contributed by atoms with van der Waals surface area (Å²) in [6, 6.07) is 0.443. The van der Waals surface area contributed by atoms with E-state index in [1.807, 2.05) is 6.92 Å². The van der Waals surface area contributed by atoms with E-state index >= 15 is 0 Å². The van der Waals surface area contributed by atoms with Crippen LogP contribution in [-0.2, 0) is 9.53 Å². The molecule has 0 amide bonds. The van der Waals surface area contributed by atoms with E-state index in [9.17, 15) is 4.79 Å². The second kappa shape index (κ2) is 5.88. The van der Waals surface area contributed by atoms with E-state index in [2.05, 4.69) is 11.9 Å². The summed E-state index contributed by atoms with van der Waals surface area (Å²) in [5.74, 6) is 2.64. The van der Waals surface area contributed by atoms with Gasteiger partial charge in [-0.1, -0.05) is 6.42 Å². The molecular weight excluding hydrogens is 264 g/mol. The normalized spacial score (nSPS) is 41.9. The van der Waals surface area contributed by atoms with Crippen LogP contribution in [0.1, 0.15) is 51.9 Å². The Hall–Kier alpha value is -0.610. The molecule has 3 aliphatic rings. The minimum absolute atomic E-state index is 0.208. The zero-order valence-electron chi connectivity index (χ0n) is 13.5. The predicted molar refractivity (Wildman–Crippen MR) is 82.8 cm³/mol. The van der Waals surface area contributed by atoms with Gasteiger partial charge in [0.25, 0.3) is 0 Å². The number of esters is 1. The topological polar surface area (TPSA) is 55.6 Å². The first-order valence-electron chi connectivity index (χ1n) is 8.68. The maximum Gasteiger partial charge on any atom is 0.326 e. The lowest BCUT2D eigenvalue weighted by Crippen LogP contribution is -2.48. The van der Waals surface area contributed by atoms with Crippen molar-refractivity contribution in [2.45, 2.75) is 63.5 Å². The van der Waals surface area contributed by atoms with Crippen molar-refractivity contribution in [2.75, 3.05) is 20.2 Å². The van der Waals surface area contributed by atoms with E-state index in [-0.39, 0.29) is 5.97 Å². The van der Waals surface area contributed by atoms with Gasteiger partial charge >= 0.3 is 5.97 Å². The minimum atomic E-state index is -0.746. The largest absolute Gasteiger partial charge is 0.465 e. The average molecular weight is 294 g/mol. The zero-order chi connectivity index (χ0) is 15.0. The first kappa shape index (κ1) is 15.3. The number of nitrogens with zero attached hydrogens (tertiary/aromatic N) is 1. The lowest BCUT2D eigenvalue weighted by Gasteiger charge is -2.31. The number of fused-ring (bicyclic) bond motifs is 2. The molecule has 0 radical (unpaired) electrons. The molecule has 4 nitrogen and oxygen atoms in total. The fourth-order valence-electron chi connectivity index (χ4n) is 5.00. The number of ether oxygens (including phenoxy) is 1. The number of hydrogen-bond donors (Lipinski definition) is 1. The molecule has 120 valence electrons. The fraction of sp³-hybridized carbons (Fsp3) is 0.941. The maximum atomic E-state index is 12.0. The van der Waals surface area contributed by atoms with Crippen LogP contribution in [0.3, 0.4) is 0 Å². The summed E-state index contributed by atoms with van der Waals surface area (Å²) in [4.78, 5) is 14.5. The molecule has 0 saturated heterocycles. The molecule has 0 aromatic rings. The quantitative estimate of drug-likeness (QED) is 0.790. The Morgan fingerprint density at radius 3 is 2.76 bits per heavy atom. The van der Waals surface area contributed by atoms with Crippen LogP contribution >= 0.6 is 0 Å². The average Bonchev–Trinajstić information content (AvgIpc) is 3.14. The van der Waals surface area contributed by atoms with Crippen molar-refractivity contribution in [3.8, 4) is 0 Å². The van der Waals surface area contributed by atoms with Gasteiger partial charge in [0.1, 0.15) is 5.54 Å². The van der Waals surface area contributed by atoms with Gasteiger partial charge in [0, 0.05) is 12.6 Å². The van der Waals surface area contributed by atoms with Gasteiger partial charge < -0.3 is 15.4 Å². The Balaban J connectivity index is 1.52. The summed E-state index contributed by atoms with van der Waals surface area (Å²) in [6.45, 7) is 3.45. The van der Waals surface area contributed by atoms with E-state index in [1.165, 1.54) is 32.2 Å². The molecule has 5 atom stereocenters. The van der Waals surface area contributed by atoms with Crippen LogP contribution in [0.5, 0.6) is 0 Å². The Labute approximate surface area is 128 Å². The molecule has 3 rings (SSSR count). The predicted octanol–water partition coefficient (Wildman–Crippen LogP) is 2.17. The van der Waals surface area contributed by atoms with Crippen LogP contribution in [0.25, 0.3) is 0 Å². The number of carbonyl (C=O) groups excluding carboxylic acids is 1. The first-order valence-corrected chi connectivity index (χ1v) is 8.68. The summed E-state index contributed by atoms with van der Waals surface area (Å²) >= 11 is 0. The molecule has 0 heterocycles. The Morgan fingerprint density at radius 2 is 2.14 bits per heavy atom. The van der Waals surface area contributed by atoms with E-state index in [4.69, 9.17) is 10.5 Å². The molecule has 3 saturated carbocycles. The van der Waals surface area contributed by atoms with Crippen molar-refractivity contribution in [2.24, 2.45) is 23.5 Å². The number of hydrogen-bond acceptors (Lipinski definition) is 4. The van der Waals surface area contributed by atoms with Crippen molar-refractivity contribution in [3.05, 3.63) is 0 Å². The second-order valence-corrected chi connectivity index (χ2v) is 7.65.